The van der Waals surface area contributed by atoms with Gasteiger partial charge >= 0.3 is 5.97 Å². The van der Waals surface area contributed by atoms with Crippen molar-refractivity contribution in [2.45, 2.75) is 450 Å². The normalized spacial score (nSPS) is 12.7. The summed E-state index contributed by atoms with van der Waals surface area (Å²) in [6.45, 7) is 4.88. The van der Waals surface area contributed by atoms with Gasteiger partial charge in [0.2, 0.25) is 5.91 Å². The lowest BCUT2D eigenvalue weighted by Gasteiger charge is -2.20. The van der Waals surface area contributed by atoms with Crippen molar-refractivity contribution in [3.63, 3.8) is 0 Å². The second-order valence-electron chi connectivity index (χ2n) is 27.4. The fourth-order valence-corrected chi connectivity index (χ4v) is 12.5. The third-order valence-electron chi connectivity index (χ3n) is 18.5. The molecular weight excluding hydrogens is 1080 g/mol. The maximum Gasteiger partial charge on any atom is 0.305 e. The van der Waals surface area contributed by atoms with Crippen LogP contribution in [0.4, 0.5) is 0 Å². The van der Waals surface area contributed by atoms with Crippen molar-refractivity contribution in [1.82, 2.24) is 5.32 Å². The van der Waals surface area contributed by atoms with Crippen molar-refractivity contribution in [2.75, 3.05) is 13.2 Å². The largest absolute Gasteiger partial charge is 0.466 e. The van der Waals surface area contributed by atoms with E-state index < -0.39 is 12.1 Å². The van der Waals surface area contributed by atoms with Crippen LogP contribution in [-0.4, -0.2) is 47.4 Å². The van der Waals surface area contributed by atoms with Crippen LogP contribution >= 0.6 is 0 Å². The fraction of sp³-hybridized carbons (Fsp3) is 0.878. The van der Waals surface area contributed by atoms with Crippen LogP contribution in [0.1, 0.15) is 438 Å². The van der Waals surface area contributed by atoms with Gasteiger partial charge in [-0.2, -0.15) is 0 Å². The number of amides is 1. The number of hydrogen-bond acceptors (Lipinski definition) is 5. The molecule has 3 N–H and O–H groups in total. The minimum Gasteiger partial charge on any atom is -0.466 e. The third-order valence-corrected chi connectivity index (χ3v) is 18.5. The van der Waals surface area contributed by atoms with E-state index >= 15 is 0 Å². The molecule has 518 valence electrons. The van der Waals surface area contributed by atoms with E-state index in [0.717, 1.165) is 51.4 Å². The van der Waals surface area contributed by atoms with Gasteiger partial charge in [0.25, 0.3) is 0 Å². The van der Waals surface area contributed by atoms with Gasteiger partial charge in [-0.3, -0.25) is 9.59 Å². The Bertz CT molecular complexity index is 1470. The van der Waals surface area contributed by atoms with Crippen LogP contribution < -0.4 is 5.32 Å². The molecule has 88 heavy (non-hydrogen) atoms. The summed E-state index contributed by atoms with van der Waals surface area (Å²) in [5, 5.41) is 23.3. The Morgan fingerprint density at radius 2 is 0.591 bits per heavy atom. The number of unbranched alkanes of at least 4 members (excludes halogenated alkanes) is 58. The van der Waals surface area contributed by atoms with E-state index in [2.05, 4.69) is 55.6 Å². The molecular formula is C82H155NO5. The molecule has 0 heterocycles. The summed E-state index contributed by atoms with van der Waals surface area (Å²) in [6, 6.07) is -0.626. The van der Waals surface area contributed by atoms with Crippen molar-refractivity contribution < 1.29 is 24.5 Å². The molecule has 0 aromatic rings. The number of esters is 1. The van der Waals surface area contributed by atoms with Crippen LogP contribution in [0.3, 0.4) is 0 Å². The smallest absolute Gasteiger partial charge is 0.305 e. The van der Waals surface area contributed by atoms with Gasteiger partial charge in [0, 0.05) is 12.8 Å². The summed E-state index contributed by atoms with van der Waals surface area (Å²) in [4.78, 5) is 24.6. The lowest BCUT2D eigenvalue weighted by Crippen LogP contribution is -2.45. The molecule has 0 aliphatic rings. The summed E-state index contributed by atoms with van der Waals surface area (Å²) in [5.41, 5.74) is 0. The second kappa shape index (κ2) is 77.3. The zero-order valence-corrected chi connectivity index (χ0v) is 59.5. The van der Waals surface area contributed by atoms with Gasteiger partial charge in [-0.1, -0.05) is 390 Å². The summed E-state index contributed by atoms with van der Waals surface area (Å²) in [5.74, 6) is -0.0536. The van der Waals surface area contributed by atoms with Crippen molar-refractivity contribution in [3.05, 3.63) is 48.6 Å². The number of carbonyl (C=O) groups is 2. The molecule has 0 spiro atoms. The molecule has 2 atom stereocenters. The molecule has 0 aromatic heterocycles. The van der Waals surface area contributed by atoms with E-state index in [9.17, 15) is 19.8 Å². The first-order valence-electron chi connectivity index (χ1n) is 39.9. The number of aliphatic hydroxyl groups excluding tert-OH is 2. The predicted molar refractivity (Wildman–Crippen MR) is 389 cm³/mol. The Morgan fingerprint density at radius 1 is 0.318 bits per heavy atom. The standard InChI is InChI=1S/C82H155NO5/c1-3-5-7-9-11-13-15-17-18-19-20-38-41-44-47-51-54-58-62-66-70-74-80(85)79(78-84)83-81(86)75-71-67-63-59-55-52-48-45-42-39-36-34-32-30-28-26-24-22-21-23-25-27-29-31-33-35-37-40-43-46-49-53-57-61-65-69-73-77-88-82(87)76-72-68-64-60-56-50-16-14-12-10-8-6-4-2/h8,10,14,16,21,23,70,74,79-80,84-85H,3-7,9,11-13,15,17-20,22,24-69,71-73,75-78H2,1-2H3,(H,83,86)/b10-8-,16-14-,23-21-,74-70+. The Morgan fingerprint density at radius 3 is 0.920 bits per heavy atom. The molecule has 0 aliphatic carbocycles. The zero-order valence-electron chi connectivity index (χ0n) is 59.5. The van der Waals surface area contributed by atoms with Gasteiger partial charge in [-0.25, -0.2) is 0 Å². The Hall–Kier alpha value is -2.18. The number of allylic oxidation sites excluding steroid dienone is 7. The number of carbonyl (C=O) groups excluding carboxylic acids is 2. The molecule has 0 aliphatic heterocycles. The molecule has 1 amide bonds. The van der Waals surface area contributed by atoms with Crippen LogP contribution in [0.2, 0.25) is 0 Å². The zero-order chi connectivity index (χ0) is 63.5. The van der Waals surface area contributed by atoms with Crippen LogP contribution in [0.25, 0.3) is 0 Å². The monoisotopic (exact) mass is 1230 g/mol. The number of ether oxygens (including phenoxy) is 1. The quantitative estimate of drug-likeness (QED) is 0.0320. The number of rotatable bonds is 75. The van der Waals surface area contributed by atoms with Gasteiger partial charge in [0.05, 0.1) is 25.4 Å². The van der Waals surface area contributed by atoms with E-state index in [-0.39, 0.29) is 18.5 Å². The van der Waals surface area contributed by atoms with E-state index in [1.165, 1.54) is 360 Å². The minimum atomic E-state index is -0.843. The van der Waals surface area contributed by atoms with E-state index in [1.54, 1.807) is 6.08 Å². The average molecular weight is 1240 g/mol. The number of nitrogens with one attached hydrogen (secondary N) is 1. The highest BCUT2D eigenvalue weighted by Gasteiger charge is 2.18. The van der Waals surface area contributed by atoms with Gasteiger partial charge in [-0.05, 0) is 83.5 Å². The predicted octanol–water partition coefficient (Wildman–Crippen LogP) is 26.4. The highest BCUT2D eigenvalue weighted by molar-refractivity contribution is 5.76. The number of aliphatic hydroxyl groups is 2. The summed E-state index contributed by atoms with van der Waals surface area (Å²) >= 11 is 0. The molecule has 6 nitrogen and oxygen atoms in total. The molecule has 0 aromatic carbocycles. The van der Waals surface area contributed by atoms with Crippen molar-refractivity contribution >= 4 is 11.9 Å². The lowest BCUT2D eigenvalue weighted by molar-refractivity contribution is -0.143. The average Bonchev–Trinajstić information content (AvgIpc) is 3.59. The molecule has 0 saturated carbocycles. The first-order valence-corrected chi connectivity index (χ1v) is 39.9. The first-order chi connectivity index (χ1) is 43.5. The molecule has 0 rings (SSSR count). The Labute approximate surface area is 550 Å². The highest BCUT2D eigenvalue weighted by Crippen LogP contribution is 2.19. The van der Waals surface area contributed by atoms with Gasteiger partial charge in [0.1, 0.15) is 0 Å². The van der Waals surface area contributed by atoms with Crippen LogP contribution in [0.15, 0.2) is 48.6 Å². The van der Waals surface area contributed by atoms with Crippen LogP contribution in [-0.2, 0) is 14.3 Å². The van der Waals surface area contributed by atoms with Crippen LogP contribution in [0, 0.1) is 0 Å². The maximum absolute atomic E-state index is 12.5. The first kappa shape index (κ1) is 85.8. The molecule has 0 radical (unpaired) electrons. The minimum absolute atomic E-state index is 0.00612. The highest BCUT2D eigenvalue weighted by atomic mass is 16.5. The fourth-order valence-electron chi connectivity index (χ4n) is 12.5. The number of hydrogen-bond donors (Lipinski definition) is 3. The Kier molecular flexibility index (Phi) is 75.4. The van der Waals surface area contributed by atoms with Gasteiger partial charge in [0.15, 0.2) is 0 Å². The van der Waals surface area contributed by atoms with Crippen molar-refractivity contribution in [1.29, 1.82) is 0 Å². The van der Waals surface area contributed by atoms with Crippen molar-refractivity contribution in [3.8, 4) is 0 Å². The van der Waals surface area contributed by atoms with E-state index in [4.69, 9.17) is 4.74 Å². The van der Waals surface area contributed by atoms with Crippen LogP contribution in [0.5, 0.6) is 0 Å². The second-order valence-corrected chi connectivity index (χ2v) is 27.4. The van der Waals surface area contributed by atoms with Gasteiger partial charge in [-0.15, -0.1) is 0 Å². The SMILES string of the molecule is CCC/C=C\C/C=C\CCCCCCCC(=O)OCCCCCCCCCCCCCCCCCC/C=C\CCCCCCCCCCCCCCCCCCCC(=O)NC(CO)C(O)/C=C/CCCCCCCCCCCCCCCCCCCCC. The summed E-state index contributed by atoms with van der Waals surface area (Å²) in [7, 11) is 0. The van der Waals surface area contributed by atoms with Crippen molar-refractivity contribution in [2.24, 2.45) is 0 Å². The van der Waals surface area contributed by atoms with E-state index in [0.29, 0.717) is 19.4 Å². The Balaban J connectivity index is 3.36. The molecule has 6 heteroatoms. The van der Waals surface area contributed by atoms with Gasteiger partial charge < -0.3 is 20.3 Å². The maximum atomic E-state index is 12.5. The topological polar surface area (TPSA) is 95.9 Å². The third kappa shape index (κ3) is 72.9. The van der Waals surface area contributed by atoms with E-state index in [1.807, 2.05) is 6.08 Å². The molecule has 0 bridgehead atoms. The molecule has 0 fully saturated rings. The molecule has 2 unspecified atom stereocenters. The summed E-state index contributed by atoms with van der Waals surface area (Å²) in [6.07, 6.45) is 102. The molecule has 0 saturated heterocycles. The lowest BCUT2D eigenvalue weighted by atomic mass is 10.0. The summed E-state index contributed by atoms with van der Waals surface area (Å²) < 4.78 is 5.48.